The molecule has 0 aliphatic carbocycles. The van der Waals surface area contributed by atoms with Crippen LogP contribution < -0.4 is 16.0 Å². The molecule has 20 heavy (non-hydrogen) atoms. The molecular weight excluding hydrogens is 258 g/mol. The highest BCUT2D eigenvalue weighted by atomic mass is 16.5. The largest absolute Gasteiger partial charge is 0.492 e. The average Bonchev–Trinajstić information content (AvgIpc) is 2.50. The molecule has 0 aliphatic rings. The van der Waals surface area contributed by atoms with Crippen LogP contribution in [-0.4, -0.2) is 50.8 Å². The van der Waals surface area contributed by atoms with Crippen LogP contribution in [0.25, 0.3) is 0 Å². The van der Waals surface area contributed by atoms with Gasteiger partial charge < -0.3 is 9.47 Å². The Morgan fingerprint density at radius 3 is 2.45 bits per heavy atom. The highest BCUT2D eigenvalue weighted by Crippen LogP contribution is 2.12. The van der Waals surface area contributed by atoms with E-state index in [1.165, 1.54) is 0 Å². The van der Waals surface area contributed by atoms with Crippen molar-refractivity contribution in [1.29, 1.82) is 0 Å². The van der Waals surface area contributed by atoms with Crippen molar-refractivity contribution in [2.24, 2.45) is 5.84 Å². The van der Waals surface area contributed by atoms with Crippen LogP contribution in [0.3, 0.4) is 0 Å². The van der Waals surface area contributed by atoms with Gasteiger partial charge in [-0.2, -0.15) is 0 Å². The van der Waals surface area contributed by atoms with E-state index in [-0.39, 0.29) is 5.91 Å². The monoisotopic (exact) mass is 281 g/mol. The standard InChI is InChI=1S/C14H23N3O3/c1-3-17(8-10-19-2)9-11-20-13-6-4-12(5-7-13)14(18)16-15/h4-7H,3,8-11,15H2,1-2H3,(H,16,18). The molecule has 1 aromatic rings. The number of nitrogen functional groups attached to an aromatic ring is 1. The van der Waals surface area contributed by atoms with E-state index in [0.29, 0.717) is 12.2 Å². The number of ether oxygens (including phenoxy) is 2. The lowest BCUT2D eigenvalue weighted by atomic mass is 10.2. The maximum Gasteiger partial charge on any atom is 0.265 e. The van der Waals surface area contributed by atoms with Crippen LogP contribution in [0.1, 0.15) is 17.3 Å². The lowest BCUT2D eigenvalue weighted by Crippen LogP contribution is -2.31. The van der Waals surface area contributed by atoms with E-state index < -0.39 is 0 Å². The van der Waals surface area contributed by atoms with Crippen molar-refractivity contribution in [2.45, 2.75) is 6.92 Å². The minimum Gasteiger partial charge on any atom is -0.492 e. The number of benzene rings is 1. The number of hydrogen-bond acceptors (Lipinski definition) is 5. The smallest absolute Gasteiger partial charge is 0.265 e. The molecular formula is C14H23N3O3. The highest BCUT2D eigenvalue weighted by molar-refractivity contribution is 5.93. The molecule has 0 radical (unpaired) electrons. The Morgan fingerprint density at radius 2 is 1.90 bits per heavy atom. The third-order valence-corrected chi connectivity index (χ3v) is 2.98. The Morgan fingerprint density at radius 1 is 1.25 bits per heavy atom. The van der Waals surface area contributed by atoms with Crippen molar-refractivity contribution in [1.82, 2.24) is 10.3 Å². The van der Waals surface area contributed by atoms with Gasteiger partial charge in [-0.1, -0.05) is 6.92 Å². The summed E-state index contributed by atoms with van der Waals surface area (Å²) in [5.74, 6) is 5.49. The van der Waals surface area contributed by atoms with E-state index in [2.05, 4.69) is 17.2 Å². The molecule has 3 N–H and O–H groups in total. The molecule has 0 unspecified atom stereocenters. The number of nitrogens with zero attached hydrogens (tertiary/aromatic N) is 1. The summed E-state index contributed by atoms with van der Waals surface area (Å²) in [7, 11) is 1.70. The van der Waals surface area contributed by atoms with Gasteiger partial charge in [0.2, 0.25) is 0 Å². The second kappa shape index (κ2) is 9.30. The molecule has 0 saturated heterocycles. The normalized spacial score (nSPS) is 10.6. The quantitative estimate of drug-likeness (QED) is 0.394. The van der Waals surface area contributed by atoms with Crippen LogP contribution in [0, 0.1) is 0 Å². The van der Waals surface area contributed by atoms with Gasteiger partial charge in [0.25, 0.3) is 5.91 Å². The van der Waals surface area contributed by atoms with Gasteiger partial charge in [-0.3, -0.25) is 15.1 Å². The molecule has 0 saturated carbocycles. The van der Waals surface area contributed by atoms with Crippen molar-refractivity contribution in [3.05, 3.63) is 29.8 Å². The first-order valence-corrected chi connectivity index (χ1v) is 6.66. The Hall–Kier alpha value is -1.63. The first-order valence-electron chi connectivity index (χ1n) is 6.66. The SMILES string of the molecule is CCN(CCOC)CCOc1ccc(C(=O)NN)cc1. The molecule has 1 rings (SSSR count). The number of carbonyl (C=O) groups excluding carboxylic acids is 1. The van der Waals surface area contributed by atoms with Crippen LogP contribution in [0.4, 0.5) is 0 Å². The first kappa shape index (κ1) is 16.4. The van der Waals surface area contributed by atoms with E-state index in [1.54, 1.807) is 31.4 Å². The maximum absolute atomic E-state index is 11.3. The molecule has 0 fully saturated rings. The van der Waals surface area contributed by atoms with E-state index in [4.69, 9.17) is 15.3 Å². The van der Waals surface area contributed by atoms with Crippen LogP contribution in [0.15, 0.2) is 24.3 Å². The fourth-order valence-corrected chi connectivity index (χ4v) is 1.73. The minimum absolute atomic E-state index is 0.312. The van der Waals surface area contributed by atoms with E-state index in [1.807, 2.05) is 0 Å². The van der Waals surface area contributed by atoms with Gasteiger partial charge in [-0.15, -0.1) is 0 Å². The van der Waals surface area contributed by atoms with E-state index in [0.717, 1.165) is 32.0 Å². The lowest BCUT2D eigenvalue weighted by molar-refractivity contribution is 0.0953. The summed E-state index contributed by atoms with van der Waals surface area (Å²) >= 11 is 0. The number of likely N-dealkylation sites (N-methyl/N-ethyl adjacent to an activating group) is 1. The Kier molecular flexibility index (Phi) is 7.64. The number of nitrogens with two attached hydrogens (primary N) is 1. The zero-order valence-electron chi connectivity index (χ0n) is 12.1. The van der Waals surface area contributed by atoms with Gasteiger partial charge in [0.05, 0.1) is 6.61 Å². The Bertz CT molecular complexity index is 395. The summed E-state index contributed by atoms with van der Waals surface area (Å²) in [6, 6.07) is 6.88. The maximum atomic E-state index is 11.3. The van der Waals surface area contributed by atoms with Gasteiger partial charge in [-0.25, -0.2) is 5.84 Å². The van der Waals surface area contributed by atoms with E-state index in [9.17, 15) is 4.79 Å². The molecule has 0 heterocycles. The molecule has 0 spiro atoms. The zero-order chi connectivity index (χ0) is 14.8. The number of methoxy groups -OCH3 is 1. The Balaban J connectivity index is 2.36. The van der Waals surface area contributed by atoms with Crippen LogP contribution in [0.5, 0.6) is 5.75 Å². The molecule has 0 aromatic heterocycles. The van der Waals surface area contributed by atoms with E-state index >= 15 is 0 Å². The molecule has 1 aromatic carbocycles. The summed E-state index contributed by atoms with van der Waals surface area (Å²) in [6.07, 6.45) is 0. The van der Waals surface area contributed by atoms with Crippen molar-refractivity contribution in [3.63, 3.8) is 0 Å². The second-order valence-electron chi connectivity index (χ2n) is 4.27. The van der Waals surface area contributed by atoms with Crippen LogP contribution in [-0.2, 0) is 4.74 Å². The van der Waals surface area contributed by atoms with Crippen molar-refractivity contribution in [3.8, 4) is 5.75 Å². The van der Waals surface area contributed by atoms with Gasteiger partial charge in [-0.05, 0) is 30.8 Å². The Labute approximate surface area is 119 Å². The highest BCUT2D eigenvalue weighted by Gasteiger charge is 2.04. The number of nitrogens with one attached hydrogen (secondary N) is 1. The molecule has 6 nitrogen and oxygen atoms in total. The van der Waals surface area contributed by atoms with Crippen LogP contribution >= 0.6 is 0 Å². The number of amides is 1. The third kappa shape index (κ3) is 5.56. The summed E-state index contributed by atoms with van der Waals surface area (Å²) in [5.41, 5.74) is 2.60. The molecule has 6 heteroatoms. The number of hydrazine groups is 1. The summed E-state index contributed by atoms with van der Waals surface area (Å²) in [5, 5.41) is 0. The molecule has 0 aliphatic heterocycles. The molecule has 112 valence electrons. The summed E-state index contributed by atoms with van der Waals surface area (Å²) < 4.78 is 10.7. The lowest BCUT2D eigenvalue weighted by Gasteiger charge is -2.19. The van der Waals surface area contributed by atoms with Gasteiger partial charge in [0.15, 0.2) is 0 Å². The number of rotatable bonds is 9. The molecule has 0 atom stereocenters. The fourth-order valence-electron chi connectivity index (χ4n) is 1.73. The van der Waals surface area contributed by atoms with Gasteiger partial charge in [0.1, 0.15) is 12.4 Å². The molecule has 0 bridgehead atoms. The van der Waals surface area contributed by atoms with Gasteiger partial charge in [0, 0.05) is 25.8 Å². The summed E-state index contributed by atoms with van der Waals surface area (Å²) in [6.45, 7) is 6.12. The van der Waals surface area contributed by atoms with Gasteiger partial charge >= 0.3 is 0 Å². The molecule has 1 amide bonds. The third-order valence-electron chi connectivity index (χ3n) is 2.98. The fraction of sp³-hybridized carbons (Fsp3) is 0.500. The second-order valence-corrected chi connectivity index (χ2v) is 4.27. The van der Waals surface area contributed by atoms with Crippen molar-refractivity contribution < 1.29 is 14.3 Å². The predicted octanol–water partition coefficient (Wildman–Crippen LogP) is 0.637. The predicted molar refractivity (Wildman–Crippen MR) is 77.6 cm³/mol. The number of carbonyl (C=O) groups is 1. The zero-order valence-corrected chi connectivity index (χ0v) is 12.1. The van der Waals surface area contributed by atoms with Crippen molar-refractivity contribution in [2.75, 3.05) is 40.0 Å². The summed E-state index contributed by atoms with van der Waals surface area (Å²) in [4.78, 5) is 13.5. The average molecular weight is 281 g/mol. The van der Waals surface area contributed by atoms with Crippen molar-refractivity contribution >= 4 is 5.91 Å². The van der Waals surface area contributed by atoms with Crippen LogP contribution in [0.2, 0.25) is 0 Å². The minimum atomic E-state index is -0.312. The topological polar surface area (TPSA) is 76.8 Å². The first-order chi connectivity index (χ1) is 9.71. The number of hydrogen-bond donors (Lipinski definition) is 2.